The summed E-state index contributed by atoms with van der Waals surface area (Å²) in [6.45, 7) is 6.16. The van der Waals surface area contributed by atoms with Gasteiger partial charge in [0.2, 0.25) is 0 Å². The Hall–Kier alpha value is -2.96. The van der Waals surface area contributed by atoms with Gasteiger partial charge in [0.1, 0.15) is 11.5 Å². The maximum atomic E-state index is 5.90. The zero-order chi connectivity index (χ0) is 22.2. The van der Waals surface area contributed by atoms with Gasteiger partial charge in [-0.2, -0.15) is 0 Å². The lowest BCUT2D eigenvalue weighted by atomic mass is 10.1. The average Bonchev–Trinajstić information content (AvgIpc) is 2.76. The summed E-state index contributed by atoms with van der Waals surface area (Å²) in [7, 11) is 0. The van der Waals surface area contributed by atoms with Crippen molar-refractivity contribution in [3.05, 3.63) is 83.4 Å². The zero-order valence-electron chi connectivity index (χ0n) is 17.9. The quantitative estimate of drug-likeness (QED) is 0.409. The highest BCUT2D eigenvalue weighted by atomic mass is 32.1. The van der Waals surface area contributed by atoms with E-state index < -0.39 is 0 Å². The molecule has 0 fully saturated rings. The van der Waals surface area contributed by atoms with Gasteiger partial charge in [0.25, 0.3) is 10.3 Å². The molecule has 0 atom stereocenters. The van der Waals surface area contributed by atoms with E-state index in [-0.39, 0.29) is 10.3 Å². The van der Waals surface area contributed by atoms with Crippen LogP contribution in [0.15, 0.2) is 66.7 Å². The van der Waals surface area contributed by atoms with Crippen LogP contribution in [0.25, 0.3) is 0 Å². The Morgan fingerprint density at radius 2 is 1.26 bits per heavy atom. The number of anilines is 2. The molecule has 6 heteroatoms. The summed E-state index contributed by atoms with van der Waals surface area (Å²) in [6.07, 6.45) is 1.81. The molecular formula is C25H26N2O2S2. The molecule has 0 amide bonds. The Kier molecular flexibility index (Phi) is 7.98. The first-order chi connectivity index (χ1) is 15.0. The van der Waals surface area contributed by atoms with Gasteiger partial charge in [-0.05, 0) is 79.1 Å². The first kappa shape index (κ1) is 22.7. The molecule has 160 valence electrons. The fraction of sp³-hybridized carbons (Fsp3) is 0.200. The molecule has 0 aliphatic carbocycles. The Morgan fingerprint density at radius 3 is 1.81 bits per heavy atom. The summed E-state index contributed by atoms with van der Waals surface area (Å²) >= 11 is 10.8. The van der Waals surface area contributed by atoms with Gasteiger partial charge < -0.3 is 20.1 Å². The molecule has 0 bridgehead atoms. The van der Waals surface area contributed by atoms with Crippen LogP contribution >= 0.6 is 24.4 Å². The van der Waals surface area contributed by atoms with Crippen LogP contribution in [0, 0.1) is 6.92 Å². The highest BCUT2D eigenvalue weighted by Crippen LogP contribution is 2.26. The van der Waals surface area contributed by atoms with Gasteiger partial charge >= 0.3 is 0 Å². The Balaban J connectivity index is 1.67. The van der Waals surface area contributed by atoms with Crippen molar-refractivity contribution in [3.8, 4) is 11.5 Å². The van der Waals surface area contributed by atoms with E-state index in [1.165, 1.54) is 11.1 Å². The van der Waals surface area contributed by atoms with Crippen LogP contribution in [0.1, 0.15) is 30.5 Å². The third kappa shape index (κ3) is 6.26. The van der Waals surface area contributed by atoms with Gasteiger partial charge in [0.05, 0.1) is 0 Å². The summed E-state index contributed by atoms with van der Waals surface area (Å²) in [4.78, 5) is 0. The van der Waals surface area contributed by atoms with Gasteiger partial charge in [-0.25, -0.2) is 0 Å². The van der Waals surface area contributed by atoms with Crippen LogP contribution in [0.5, 0.6) is 11.5 Å². The van der Waals surface area contributed by atoms with Gasteiger partial charge in [-0.1, -0.05) is 56.3 Å². The largest absolute Gasteiger partial charge is 0.432 e. The standard InChI is InChI=1S/C25H26N2O2S2/c1-4-18-10-6-8-12-21(18)26-24(30)28-20-15-14-17(3)23(16-20)29-25(31)27-22-13-9-7-11-19(22)5-2/h6-16H,4-5H2,1-3H3,(H,26,30)(H,27,31). The molecule has 3 aromatic carbocycles. The Bertz CT molecular complexity index is 1080. The van der Waals surface area contributed by atoms with E-state index in [0.717, 1.165) is 29.8 Å². The molecule has 0 aliphatic heterocycles. The first-order valence-electron chi connectivity index (χ1n) is 10.2. The van der Waals surface area contributed by atoms with Crippen molar-refractivity contribution in [1.82, 2.24) is 0 Å². The third-order valence-corrected chi connectivity index (χ3v) is 5.21. The van der Waals surface area contributed by atoms with Crippen LogP contribution in [0.4, 0.5) is 11.4 Å². The van der Waals surface area contributed by atoms with Crippen LogP contribution in [0.3, 0.4) is 0 Å². The molecule has 0 radical (unpaired) electrons. The minimum absolute atomic E-state index is 0.272. The van der Waals surface area contributed by atoms with E-state index in [9.17, 15) is 0 Å². The second-order valence-electron chi connectivity index (χ2n) is 6.98. The van der Waals surface area contributed by atoms with E-state index in [1.807, 2.05) is 55.5 Å². The van der Waals surface area contributed by atoms with Crippen molar-refractivity contribution in [1.29, 1.82) is 0 Å². The van der Waals surface area contributed by atoms with E-state index in [0.29, 0.717) is 11.5 Å². The number of aryl methyl sites for hydroxylation is 3. The lowest BCUT2D eigenvalue weighted by Gasteiger charge is -2.15. The second-order valence-corrected chi connectivity index (χ2v) is 7.72. The molecule has 3 aromatic rings. The van der Waals surface area contributed by atoms with Crippen LogP contribution in [0.2, 0.25) is 0 Å². The number of nitrogens with one attached hydrogen (secondary N) is 2. The first-order valence-corrected chi connectivity index (χ1v) is 11.1. The number of benzene rings is 3. The highest BCUT2D eigenvalue weighted by Gasteiger charge is 2.10. The fourth-order valence-electron chi connectivity index (χ4n) is 3.13. The van der Waals surface area contributed by atoms with Gasteiger partial charge in [0, 0.05) is 17.4 Å². The van der Waals surface area contributed by atoms with Crippen molar-refractivity contribution in [3.63, 3.8) is 0 Å². The van der Waals surface area contributed by atoms with Gasteiger partial charge in [-0.15, -0.1) is 0 Å². The molecule has 0 saturated heterocycles. The summed E-state index contributed by atoms with van der Waals surface area (Å²) in [5.74, 6) is 1.18. The minimum atomic E-state index is 0.272. The van der Waals surface area contributed by atoms with Crippen LogP contribution in [-0.2, 0) is 12.8 Å². The maximum Gasteiger partial charge on any atom is 0.266 e. The monoisotopic (exact) mass is 450 g/mol. The van der Waals surface area contributed by atoms with Crippen LogP contribution < -0.4 is 20.1 Å². The Labute approximate surface area is 194 Å². The molecule has 0 aliphatic rings. The number of ether oxygens (including phenoxy) is 2. The smallest absolute Gasteiger partial charge is 0.266 e. The average molecular weight is 451 g/mol. The molecule has 4 nitrogen and oxygen atoms in total. The van der Waals surface area contributed by atoms with Gasteiger partial charge in [-0.3, -0.25) is 0 Å². The SMILES string of the molecule is CCc1ccccc1NC(=S)Oc1ccc(C)c(OC(=S)Nc2ccccc2CC)c1. The molecule has 0 spiro atoms. The van der Waals surface area contributed by atoms with Gasteiger partial charge in [0.15, 0.2) is 0 Å². The number of para-hydroxylation sites is 2. The molecule has 0 aromatic heterocycles. The maximum absolute atomic E-state index is 5.90. The van der Waals surface area contributed by atoms with E-state index >= 15 is 0 Å². The van der Waals surface area contributed by atoms with E-state index in [1.54, 1.807) is 6.07 Å². The third-order valence-electron chi connectivity index (χ3n) is 4.84. The van der Waals surface area contributed by atoms with Crippen LogP contribution in [-0.4, -0.2) is 10.3 Å². The number of rotatable bonds is 6. The summed E-state index contributed by atoms with van der Waals surface area (Å²) in [5.41, 5.74) is 5.17. The lowest BCUT2D eigenvalue weighted by molar-refractivity contribution is 0.534. The number of thiocarbonyl (C=S) groups is 2. The lowest BCUT2D eigenvalue weighted by Crippen LogP contribution is -2.19. The molecule has 0 unspecified atom stereocenters. The molecule has 31 heavy (non-hydrogen) atoms. The van der Waals surface area contributed by atoms with E-state index in [2.05, 4.69) is 36.6 Å². The predicted molar refractivity (Wildman–Crippen MR) is 137 cm³/mol. The van der Waals surface area contributed by atoms with Crippen molar-refractivity contribution < 1.29 is 9.47 Å². The Morgan fingerprint density at radius 1 is 0.742 bits per heavy atom. The van der Waals surface area contributed by atoms with Crippen molar-refractivity contribution >= 4 is 46.2 Å². The minimum Gasteiger partial charge on any atom is -0.432 e. The molecule has 0 saturated carbocycles. The van der Waals surface area contributed by atoms with Crippen molar-refractivity contribution in [2.45, 2.75) is 33.6 Å². The molecular weight excluding hydrogens is 424 g/mol. The van der Waals surface area contributed by atoms with Crippen molar-refractivity contribution in [2.75, 3.05) is 10.6 Å². The molecule has 0 heterocycles. The summed E-state index contributed by atoms with van der Waals surface area (Å²) in [6, 6.07) is 21.6. The molecule has 3 rings (SSSR count). The number of hydrogen-bond donors (Lipinski definition) is 2. The topological polar surface area (TPSA) is 42.5 Å². The van der Waals surface area contributed by atoms with E-state index in [4.69, 9.17) is 33.9 Å². The zero-order valence-corrected chi connectivity index (χ0v) is 19.5. The predicted octanol–water partition coefficient (Wildman–Crippen LogP) is 6.67. The summed E-state index contributed by atoms with van der Waals surface area (Å²) < 4.78 is 11.7. The second kappa shape index (κ2) is 10.9. The number of hydrogen-bond acceptors (Lipinski definition) is 4. The highest BCUT2D eigenvalue weighted by molar-refractivity contribution is 7.80. The fourth-order valence-corrected chi connectivity index (χ4v) is 3.54. The normalized spacial score (nSPS) is 10.3. The summed E-state index contributed by atoms with van der Waals surface area (Å²) in [5, 5.41) is 6.88. The molecule has 2 N–H and O–H groups in total. The van der Waals surface area contributed by atoms with Crippen molar-refractivity contribution in [2.24, 2.45) is 0 Å².